The number of amides is 4. The second-order valence-corrected chi connectivity index (χ2v) is 3.50. The number of ether oxygens (including phenoxy) is 1. The molecule has 0 fully saturated rings. The molecule has 18 heavy (non-hydrogen) atoms. The minimum Gasteiger partial charge on any atom is -0.468 e. The first-order valence-corrected chi connectivity index (χ1v) is 5.10. The van der Waals surface area contributed by atoms with Crippen molar-refractivity contribution in [2.45, 2.75) is 0 Å². The molecule has 0 saturated heterocycles. The first kappa shape index (κ1) is 13.7. The molecule has 0 radical (unpaired) electrons. The Balaban J connectivity index is 2.53. The van der Waals surface area contributed by atoms with E-state index in [0.29, 0.717) is 0 Å². The summed E-state index contributed by atoms with van der Waals surface area (Å²) in [5.74, 6) is -1.55. The second-order valence-electron chi connectivity index (χ2n) is 3.50. The number of imide groups is 1. The van der Waals surface area contributed by atoms with Crippen molar-refractivity contribution in [1.82, 2.24) is 9.80 Å². The Bertz CT molecular complexity index is 400. The SMILES string of the molecule is COC(=O)CN(CCN1C(=O)C=CC1=O)C(N)=O. The average Bonchev–Trinajstić information content (AvgIpc) is 2.64. The van der Waals surface area contributed by atoms with E-state index in [1.807, 2.05) is 0 Å². The van der Waals surface area contributed by atoms with Crippen LogP contribution in [-0.2, 0) is 19.1 Å². The van der Waals surface area contributed by atoms with Gasteiger partial charge in [-0.05, 0) is 0 Å². The van der Waals surface area contributed by atoms with Crippen molar-refractivity contribution >= 4 is 23.8 Å². The zero-order valence-corrected chi connectivity index (χ0v) is 9.79. The van der Waals surface area contributed by atoms with Gasteiger partial charge in [-0.1, -0.05) is 0 Å². The molecule has 1 aliphatic rings. The summed E-state index contributed by atoms with van der Waals surface area (Å²) in [5, 5.41) is 0. The summed E-state index contributed by atoms with van der Waals surface area (Å²) in [5.41, 5.74) is 5.07. The monoisotopic (exact) mass is 255 g/mol. The maximum atomic E-state index is 11.2. The summed E-state index contributed by atoms with van der Waals surface area (Å²) in [7, 11) is 1.18. The minimum absolute atomic E-state index is 0.0232. The van der Waals surface area contributed by atoms with Crippen molar-refractivity contribution in [3.63, 3.8) is 0 Å². The van der Waals surface area contributed by atoms with Gasteiger partial charge in [0.25, 0.3) is 11.8 Å². The van der Waals surface area contributed by atoms with Gasteiger partial charge in [-0.2, -0.15) is 0 Å². The van der Waals surface area contributed by atoms with E-state index < -0.39 is 23.8 Å². The summed E-state index contributed by atoms with van der Waals surface area (Å²) in [6.07, 6.45) is 2.27. The van der Waals surface area contributed by atoms with Gasteiger partial charge in [-0.15, -0.1) is 0 Å². The molecule has 0 spiro atoms. The highest BCUT2D eigenvalue weighted by Gasteiger charge is 2.24. The van der Waals surface area contributed by atoms with Crippen LogP contribution in [0.3, 0.4) is 0 Å². The molecule has 0 aliphatic carbocycles. The number of urea groups is 1. The van der Waals surface area contributed by atoms with E-state index in [9.17, 15) is 19.2 Å². The van der Waals surface area contributed by atoms with Crippen molar-refractivity contribution in [2.75, 3.05) is 26.7 Å². The van der Waals surface area contributed by atoms with Gasteiger partial charge in [0.1, 0.15) is 6.54 Å². The van der Waals surface area contributed by atoms with E-state index in [4.69, 9.17) is 5.73 Å². The second kappa shape index (κ2) is 5.80. The van der Waals surface area contributed by atoms with Crippen molar-refractivity contribution in [3.8, 4) is 0 Å². The number of methoxy groups -OCH3 is 1. The lowest BCUT2D eigenvalue weighted by molar-refractivity contribution is -0.141. The summed E-state index contributed by atoms with van der Waals surface area (Å²) >= 11 is 0. The zero-order valence-electron chi connectivity index (χ0n) is 9.79. The number of primary amides is 1. The number of hydrogen-bond donors (Lipinski definition) is 1. The van der Waals surface area contributed by atoms with Gasteiger partial charge in [0, 0.05) is 25.2 Å². The van der Waals surface area contributed by atoms with Gasteiger partial charge in [-0.25, -0.2) is 4.79 Å². The highest BCUT2D eigenvalue weighted by atomic mass is 16.5. The highest BCUT2D eigenvalue weighted by molar-refractivity contribution is 6.12. The number of nitrogens with zero attached hydrogens (tertiary/aromatic N) is 2. The fraction of sp³-hybridized carbons (Fsp3) is 0.400. The fourth-order valence-corrected chi connectivity index (χ4v) is 1.36. The standard InChI is InChI=1S/C10H13N3O5/c1-18-9(16)6-12(10(11)17)4-5-13-7(14)2-3-8(13)15/h2-3H,4-6H2,1H3,(H2,11,17). The predicted octanol–water partition coefficient (Wildman–Crippen LogP) is -1.53. The average molecular weight is 255 g/mol. The first-order chi connectivity index (χ1) is 8.45. The van der Waals surface area contributed by atoms with Crippen molar-refractivity contribution in [2.24, 2.45) is 5.73 Å². The van der Waals surface area contributed by atoms with Crippen LogP contribution in [0.25, 0.3) is 0 Å². The van der Waals surface area contributed by atoms with Gasteiger partial charge in [0.2, 0.25) is 0 Å². The molecule has 1 heterocycles. The topological polar surface area (TPSA) is 110 Å². The van der Waals surface area contributed by atoms with Gasteiger partial charge in [-0.3, -0.25) is 19.3 Å². The molecule has 0 aromatic carbocycles. The Kier molecular flexibility index (Phi) is 4.41. The number of nitrogens with two attached hydrogens (primary N) is 1. The number of carbonyl (C=O) groups is 4. The predicted molar refractivity (Wildman–Crippen MR) is 59.0 cm³/mol. The first-order valence-electron chi connectivity index (χ1n) is 5.10. The lowest BCUT2D eigenvalue weighted by Crippen LogP contribution is -2.45. The Hall–Kier alpha value is -2.38. The number of esters is 1. The van der Waals surface area contributed by atoms with Gasteiger partial charge < -0.3 is 15.4 Å². The van der Waals surface area contributed by atoms with E-state index in [0.717, 1.165) is 22.0 Å². The van der Waals surface area contributed by atoms with Crippen LogP contribution in [0.15, 0.2) is 12.2 Å². The lowest BCUT2D eigenvalue weighted by Gasteiger charge is -2.21. The molecule has 0 saturated carbocycles. The van der Waals surface area contributed by atoms with Crippen LogP contribution >= 0.6 is 0 Å². The van der Waals surface area contributed by atoms with E-state index in [1.54, 1.807) is 0 Å². The van der Waals surface area contributed by atoms with Crippen LogP contribution in [0.4, 0.5) is 4.79 Å². The summed E-state index contributed by atoms with van der Waals surface area (Å²) in [4.78, 5) is 46.5. The van der Waals surface area contributed by atoms with Crippen LogP contribution in [0.1, 0.15) is 0 Å². The molecular formula is C10H13N3O5. The quantitative estimate of drug-likeness (QED) is 0.473. The maximum absolute atomic E-state index is 11.2. The fourth-order valence-electron chi connectivity index (χ4n) is 1.36. The molecule has 2 N–H and O–H groups in total. The van der Waals surface area contributed by atoms with Gasteiger partial charge >= 0.3 is 12.0 Å². The lowest BCUT2D eigenvalue weighted by atomic mass is 10.4. The third-order valence-electron chi connectivity index (χ3n) is 2.35. The number of rotatable bonds is 5. The third kappa shape index (κ3) is 3.30. The molecule has 0 aromatic rings. The van der Waals surface area contributed by atoms with Crippen molar-refractivity contribution < 1.29 is 23.9 Å². The molecular weight excluding hydrogens is 242 g/mol. The van der Waals surface area contributed by atoms with Crippen LogP contribution < -0.4 is 5.73 Å². The third-order valence-corrected chi connectivity index (χ3v) is 2.35. The molecule has 8 nitrogen and oxygen atoms in total. The van der Waals surface area contributed by atoms with E-state index in [2.05, 4.69) is 4.74 Å². The number of carbonyl (C=O) groups excluding carboxylic acids is 4. The van der Waals surface area contributed by atoms with Crippen molar-refractivity contribution in [3.05, 3.63) is 12.2 Å². The highest BCUT2D eigenvalue weighted by Crippen LogP contribution is 2.03. The Morgan fingerprint density at radius 2 is 1.89 bits per heavy atom. The molecule has 0 atom stereocenters. The molecule has 0 unspecified atom stereocenters. The Morgan fingerprint density at radius 1 is 1.33 bits per heavy atom. The largest absolute Gasteiger partial charge is 0.468 e. The van der Waals surface area contributed by atoms with Crippen molar-refractivity contribution in [1.29, 1.82) is 0 Å². The number of hydrogen-bond acceptors (Lipinski definition) is 5. The maximum Gasteiger partial charge on any atom is 0.325 e. The normalized spacial score (nSPS) is 13.9. The molecule has 0 aromatic heterocycles. The van der Waals surface area contributed by atoms with Gasteiger partial charge in [0.05, 0.1) is 7.11 Å². The molecule has 98 valence electrons. The summed E-state index contributed by atoms with van der Waals surface area (Å²) in [6.45, 7) is -0.371. The van der Waals surface area contributed by atoms with Crippen LogP contribution in [0.5, 0.6) is 0 Å². The molecule has 1 rings (SSSR count). The molecule has 8 heteroatoms. The molecule has 1 aliphatic heterocycles. The van der Waals surface area contributed by atoms with Crippen LogP contribution in [0, 0.1) is 0 Å². The molecule has 4 amide bonds. The summed E-state index contributed by atoms with van der Waals surface area (Å²) < 4.78 is 4.40. The zero-order chi connectivity index (χ0) is 13.7. The van der Waals surface area contributed by atoms with E-state index in [1.165, 1.54) is 7.11 Å². The van der Waals surface area contributed by atoms with Gasteiger partial charge in [0.15, 0.2) is 0 Å². The minimum atomic E-state index is -0.826. The molecule has 0 bridgehead atoms. The summed E-state index contributed by atoms with van der Waals surface area (Å²) in [6, 6.07) is -0.826. The smallest absolute Gasteiger partial charge is 0.325 e. The van der Waals surface area contributed by atoms with E-state index in [-0.39, 0.29) is 19.6 Å². The Morgan fingerprint density at radius 3 is 2.33 bits per heavy atom. The van der Waals surface area contributed by atoms with Crippen LogP contribution in [0.2, 0.25) is 0 Å². The van der Waals surface area contributed by atoms with Crippen LogP contribution in [-0.4, -0.2) is 60.4 Å². The van der Waals surface area contributed by atoms with E-state index >= 15 is 0 Å². The Labute approximate surface area is 103 Å².